The fourth-order valence-electron chi connectivity index (χ4n) is 3.92. The third kappa shape index (κ3) is 4.62. The van der Waals surface area contributed by atoms with Gasteiger partial charge in [0.2, 0.25) is 10.0 Å². The number of benzene rings is 3. The number of sulfonamides is 1. The van der Waals surface area contributed by atoms with Crippen LogP contribution in [0.2, 0.25) is 0 Å². The number of halogens is 1. The molecule has 8 heteroatoms. The molecule has 4 aromatic rings. The molecule has 2 atom stereocenters. The van der Waals surface area contributed by atoms with Crippen LogP contribution in [0.4, 0.5) is 4.39 Å². The van der Waals surface area contributed by atoms with Crippen molar-refractivity contribution in [2.24, 2.45) is 0 Å². The number of hydrogen-bond acceptors (Lipinski definition) is 4. The van der Waals surface area contributed by atoms with E-state index in [1.54, 1.807) is 23.0 Å². The standard InChI is InChI=1S/C25H24FN3O3S/c1-17(28-33(30,31)23-12-13-23)25(18-5-3-2-4-6-18)32-22-11-14-24-19(15-22)16-27-29(24)21-9-7-20(26)8-10-21/h2-11,14-17,23,25,28H,12-13H2,1H3/t17-,25-/m0/s1. The molecule has 0 radical (unpaired) electrons. The molecule has 5 rings (SSSR count). The van der Waals surface area contributed by atoms with E-state index in [1.165, 1.54) is 12.1 Å². The summed E-state index contributed by atoms with van der Waals surface area (Å²) < 4.78 is 49.2. The van der Waals surface area contributed by atoms with E-state index in [4.69, 9.17) is 4.74 Å². The van der Waals surface area contributed by atoms with Gasteiger partial charge in [-0.3, -0.25) is 0 Å². The average Bonchev–Trinajstić information content (AvgIpc) is 3.60. The average molecular weight is 466 g/mol. The zero-order valence-electron chi connectivity index (χ0n) is 18.1. The van der Waals surface area contributed by atoms with Gasteiger partial charge in [0, 0.05) is 5.39 Å². The molecule has 0 spiro atoms. The minimum Gasteiger partial charge on any atom is -0.484 e. The normalized spacial score (nSPS) is 15.9. The fourth-order valence-corrected chi connectivity index (χ4v) is 5.51. The van der Waals surface area contributed by atoms with Crippen molar-refractivity contribution in [2.45, 2.75) is 37.2 Å². The second-order valence-corrected chi connectivity index (χ2v) is 10.3. The molecule has 1 saturated carbocycles. The Balaban J connectivity index is 1.43. The molecular weight excluding hydrogens is 441 g/mol. The van der Waals surface area contributed by atoms with Crippen LogP contribution in [-0.2, 0) is 10.0 Å². The van der Waals surface area contributed by atoms with Crippen LogP contribution in [0.3, 0.4) is 0 Å². The number of hydrogen-bond donors (Lipinski definition) is 1. The Kier molecular flexibility index (Phi) is 5.64. The van der Waals surface area contributed by atoms with Crippen molar-refractivity contribution in [3.05, 3.63) is 90.4 Å². The van der Waals surface area contributed by atoms with Crippen LogP contribution in [0.15, 0.2) is 79.0 Å². The number of aromatic nitrogens is 2. The predicted octanol–water partition coefficient (Wildman–Crippen LogP) is 4.76. The van der Waals surface area contributed by atoms with Gasteiger partial charge in [-0.2, -0.15) is 5.10 Å². The molecule has 0 unspecified atom stereocenters. The van der Waals surface area contributed by atoms with Crippen molar-refractivity contribution in [1.29, 1.82) is 0 Å². The molecule has 1 aliphatic rings. The van der Waals surface area contributed by atoms with Crippen LogP contribution in [0.5, 0.6) is 5.75 Å². The van der Waals surface area contributed by atoms with E-state index in [9.17, 15) is 12.8 Å². The van der Waals surface area contributed by atoms with Crippen LogP contribution >= 0.6 is 0 Å². The van der Waals surface area contributed by atoms with E-state index in [2.05, 4.69) is 9.82 Å². The van der Waals surface area contributed by atoms with Crippen LogP contribution < -0.4 is 9.46 Å². The van der Waals surface area contributed by atoms with Crippen LogP contribution in [0, 0.1) is 5.82 Å². The van der Waals surface area contributed by atoms with Gasteiger partial charge in [-0.05, 0) is 67.8 Å². The van der Waals surface area contributed by atoms with Gasteiger partial charge in [-0.25, -0.2) is 22.2 Å². The molecule has 0 amide bonds. The molecule has 1 fully saturated rings. The summed E-state index contributed by atoms with van der Waals surface area (Å²) in [4.78, 5) is 0. The third-order valence-electron chi connectivity index (χ3n) is 5.77. The SMILES string of the molecule is C[C@H](NS(=O)(=O)C1CC1)[C@H](Oc1ccc2c(cnn2-c2ccc(F)cc2)c1)c1ccccc1. The molecule has 0 bridgehead atoms. The zero-order valence-corrected chi connectivity index (χ0v) is 18.9. The number of rotatable bonds is 8. The topological polar surface area (TPSA) is 73.2 Å². The quantitative estimate of drug-likeness (QED) is 0.407. The van der Waals surface area contributed by atoms with Gasteiger partial charge in [0.15, 0.2) is 0 Å². The molecule has 33 heavy (non-hydrogen) atoms. The van der Waals surface area contributed by atoms with Crippen molar-refractivity contribution in [2.75, 3.05) is 0 Å². The Morgan fingerprint density at radius 3 is 2.48 bits per heavy atom. The first-order chi connectivity index (χ1) is 15.9. The minimum absolute atomic E-state index is 0.301. The van der Waals surface area contributed by atoms with Crippen LogP contribution in [0.1, 0.15) is 31.4 Å². The van der Waals surface area contributed by atoms with Crippen molar-refractivity contribution in [3.8, 4) is 11.4 Å². The second-order valence-electron chi connectivity index (χ2n) is 8.35. The lowest BCUT2D eigenvalue weighted by Crippen LogP contribution is -2.40. The summed E-state index contributed by atoms with van der Waals surface area (Å²) in [6.45, 7) is 1.82. The van der Waals surface area contributed by atoms with E-state index < -0.39 is 22.2 Å². The largest absolute Gasteiger partial charge is 0.484 e. The van der Waals surface area contributed by atoms with Gasteiger partial charge in [0.25, 0.3) is 0 Å². The molecule has 0 saturated heterocycles. The molecule has 1 N–H and O–H groups in total. The maximum absolute atomic E-state index is 13.3. The van der Waals surface area contributed by atoms with Gasteiger partial charge >= 0.3 is 0 Å². The van der Waals surface area contributed by atoms with Crippen LogP contribution in [0.25, 0.3) is 16.6 Å². The van der Waals surface area contributed by atoms with Crippen molar-refractivity contribution >= 4 is 20.9 Å². The maximum Gasteiger partial charge on any atom is 0.214 e. The highest BCUT2D eigenvalue weighted by Crippen LogP contribution is 2.31. The fraction of sp³-hybridized carbons (Fsp3) is 0.240. The highest BCUT2D eigenvalue weighted by molar-refractivity contribution is 7.90. The Morgan fingerprint density at radius 1 is 1.06 bits per heavy atom. The first kappa shape index (κ1) is 21.6. The summed E-state index contributed by atoms with van der Waals surface area (Å²) in [5.41, 5.74) is 2.49. The van der Waals surface area contributed by atoms with Gasteiger partial charge in [-0.1, -0.05) is 30.3 Å². The first-order valence-electron chi connectivity index (χ1n) is 10.9. The van der Waals surface area contributed by atoms with Gasteiger partial charge in [0.05, 0.1) is 28.7 Å². The molecule has 1 aliphatic carbocycles. The molecule has 1 heterocycles. The van der Waals surface area contributed by atoms with Gasteiger partial charge < -0.3 is 4.74 Å². The predicted molar refractivity (Wildman–Crippen MR) is 125 cm³/mol. The lowest BCUT2D eigenvalue weighted by Gasteiger charge is -2.26. The maximum atomic E-state index is 13.3. The van der Waals surface area contributed by atoms with Crippen molar-refractivity contribution < 1.29 is 17.5 Å². The Labute approximate surface area is 192 Å². The van der Waals surface area contributed by atoms with E-state index in [0.29, 0.717) is 18.6 Å². The van der Waals surface area contributed by atoms with E-state index >= 15 is 0 Å². The molecule has 170 valence electrons. The number of fused-ring (bicyclic) bond motifs is 1. The lowest BCUT2D eigenvalue weighted by atomic mass is 10.0. The van der Waals surface area contributed by atoms with Gasteiger partial charge in [0.1, 0.15) is 17.7 Å². The molecule has 0 aliphatic heterocycles. The summed E-state index contributed by atoms with van der Waals surface area (Å²) >= 11 is 0. The zero-order chi connectivity index (χ0) is 23.0. The highest BCUT2D eigenvalue weighted by atomic mass is 32.2. The molecule has 1 aromatic heterocycles. The lowest BCUT2D eigenvalue weighted by molar-refractivity contribution is 0.173. The Hall–Kier alpha value is -3.23. The Morgan fingerprint density at radius 2 is 1.79 bits per heavy atom. The monoisotopic (exact) mass is 465 g/mol. The Bertz CT molecular complexity index is 1370. The number of nitrogens with one attached hydrogen (secondary N) is 1. The summed E-state index contributed by atoms with van der Waals surface area (Å²) in [6.07, 6.45) is 2.62. The van der Waals surface area contributed by atoms with E-state index in [1.807, 2.05) is 55.5 Å². The smallest absolute Gasteiger partial charge is 0.214 e. The molecule has 6 nitrogen and oxygen atoms in total. The summed E-state index contributed by atoms with van der Waals surface area (Å²) in [7, 11) is -3.37. The second kappa shape index (κ2) is 8.61. The van der Waals surface area contributed by atoms with Gasteiger partial charge in [-0.15, -0.1) is 0 Å². The van der Waals surface area contributed by atoms with E-state index in [0.717, 1.165) is 22.2 Å². The van der Waals surface area contributed by atoms with Crippen molar-refractivity contribution in [3.63, 3.8) is 0 Å². The molecular formula is C25H24FN3O3S. The summed E-state index contributed by atoms with van der Waals surface area (Å²) in [6, 6.07) is 20.9. The first-order valence-corrected chi connectivity index (χ1v) is 12.4. The molecule has 3 aromatic carbocycles. The van der Waals surface area contributed by atoms with Crippen LogP contribution in [-0.4, -0.2) is 29.5 Å². The number of nitrogens with zero attached hydrogens (tertiary/aromatic N) is 2. The summed E-state index contributed by atoms with van der Waals surface area (Å²) in [5, 5.41) is 4.99. The van der Waals surface area contributed by atoms with Crippen molar-refractivity contribution in [1.82, 2.24) is 14.5 Å². The summed E-state index contributed by atoms with van der Waals surface area (Å²) in [5.74, 6) is 0.303. The highest BCUT2D eigenvalue weighted by Gasteiger charge is 2.38. The number of ether oxygens (including phenoxy) is 1. The minimum atomic E-state index is -3.37. The third-order valence-corrected chi connectivity index (χ3v) is 7.82. The van der Waals surface area contributed by atoms with E-state index in [-0.39, 0.29) is 11.1 Å².